The minimum absolute atomic E-state index is 0.0133. The molecule has 0 radical (unpaired) electrons. The maximum atomic E-state index is 13.1. The van der Waals surface area contributed by atoms with Crippen molar-refractivity contribution in [1.29, 1.82) is 0 Å². The molecule has 1 aliphatic rings. The maximum Gasteiger partial charge on any atom is 0.262 e. The van der Waals surface area contributed by atoms with Crippen molar-refractivity contribution in [3.8, 4) is 0 Å². The largest absolute Gasteiger partial charge is 0.340 e. The molecule has 1 aromatic carbocycles. The molecule has 3 aromatic rings. The van der Waals surface area contributed by atoms with Crippen LogP contribution < -0.4 is 5.56 Å². The van der Waals surface area contributed by atoms with Gasteiger partial charge in [-0.05, 0) is 36.4 Å². The van der Waals surface area contributed by atoms with Crippen LogP contribution in [0.3, 0.4) is 0 Å². The molecular formula is C21H23N3O2S2. The molecule has 5 nitrogen and oxygen atoms in total. The highest BCUT2D eigenvalue weighted by Crippen LogP contribution is 2.32. The molecule has 0 aliphatic heterocycles. The molecular weight excluding hydrogens is 390 g/mol. The summed E-state index contributed by atoms with van der Waals surface area (Å²) in [5.74, 6) is 0.318. The van der Waals surface area contributed by atoms with Crippen LogP contribution in [-0.4, -0.2) is 33.2 Å². The normalized spacial score (nSPS) is 14.6. The summed E-state index contributed by atoms with van der Waals surface area (Å²) in [6.07, 6.45) is 4.27. The molecule has 1 saturated carbocycles. The van der Waals surface area contributed by atoms with Crippen LogP contribution in [0.1, 0.15) is 36.6 Å². The first-order valence-corrected chi connectivity index (χ1v) is 11.4. The van der Waals surface area contributed by atoms with E-state index in [1.807, 2.05) is 53.4 Å². The van der Waals surface area contributed by atoms with E-state index in [1.54, 1.807) is 16.2 Å². The van der Waals surface area contributed by atoms with E-state index in [9.17, 15) is 9.59 Å². The lowest BCUT2D eigenvalue weighted by Crippen LogP contribution is -2.29. The molecule has 28 heavy (non-hydrogen) atoms. The van der Waals surface area contributed by atoms with Gasteiger partial charge in [-0.1, -0.05) is 42.8 Å². The molecule has 0 atom stereocenters. The van der Waals surface area contributed by atoms with Gasteiger partial charge in [-0.2, -0.15) is 0 Å². The highest BCUT2D eigenvalue weighted by Gasteiger charge is 2.23. The van der Waals surface area contributed by atoms with Gasteiger partial charge in [0.1, 0.15) is 0 Å². The lowest BCUT2D eigenvalue weighted by molar-refractivity contribution is -0.127. The van der Waals surface area contributed by atoms with E-state index in [1.165, 1.54) is 11.8 Å². The van der Waals surface area contributed by atoms with Gasteiger partial charge in [0.05, 0.1) is 23.2 Å². The van der Waals surface area contributed by atoms with Gasteiger partial charge >= 0.3 is 0 Å². The van der Waals surface area contributed by atoms with Crippen molar-refractivity contribution in [2.24, 2.45) is 0 Å². The first-order chi connectivity index (χ1) is 13.6. The van der Waals surface area contributed by atoms with E-state index in [4.69, 9.17) is 4.98 Å². The molecule has 1 aliphatic carbocycles. The van der Waals surface area contributed by atoms with Gasteiger partial charge in [-0.25, -0.2) is 4.98 Å². The second kappa shape index (κ2) is 8.49. The van der Waals surface area contributed by atoms with Crippen LogP contribution in [-0.2, 0) is 11.3 Å². The zero-order valence-corrected chi connectivity index (χ0v) is 17.5. The van der Waals surface area contributed by atoms with Crippen molar-refractivity contribution in [3.05, 3.63) is 57.0 Å². The number of benzene rings is 1. The first kappa shape index (κ1) is 19.2. The van der Waals surface area contributed by atoms with Crippen molar-refractivity contribution in [2.45, 2.75) is 43.4 Å². The van der Waals surface area contributed by atoms with E-state index < -0.39 is 0 Å². The van der Waals surface area contributed by atoms with Crippen LogP contribution in [0.4, 0.5) is 0 Å². The third kappa shape index (κ3) is 4.00. The minimum atomic E-state index is 0.0133. The number of hydrogen-bond acceptors (Lipinski definition) is 5. The summed E-state index contributed by atoms with van der Waals surface area (Å²) in [6, 6.07) is 11.7. The van der Waals surface area contributed by atoms with Gasteiger partial charge < -0.3 is 4.90 Å². The van der Waals surface area contributed by atoms with Crippen LogP contribution in [0.25, 0.3) is 10.9 Å². The SMILES string of the molecule is CN(Cc1cccs1)C(=O)CSc1nc2ccccc2c(=O)n1C1CCCC1. The lowest BCUT2D eigenvalue weighted by atomic mass is 10.2. The predicted octanol–water partition coefficient (Wildman–Crippen LogP) is 4.32. The second-order valence-electron chi connectivity index (χ2n) is 7.14. The predicted molar refractivity (Wildman–Crippen MR) is 115 cm³/mol. The summed E-state index contributed by atoms with van der Waals surface area (Å²) in [7, 11) is 1.82. The van der Waals surface area contributed by atoms with E-state index in [2.05, 4.69) is 0 Å². The molecule has 0 spiro atoms. The highest BCUT2D eigenvalue weighted by molar-refractivity contribution is 7.99. The third-order valence-corrected chi connectivity index (χ3v) is 6.99. The second-order valence-corrected chi connectivity index (χ2v) is 9.12. The molecule has 2 heterocycles. The van der Waals surface area contributed by atoms with Gasteiger partial charge in [0.15, 0.2) is 5.16 Å². The number of thioether (sulfide) groups is 1. The van der Waals surface area contributed by atoms with E-state index >= 15 is 0 Å². The van der Waals surface area contributed by atoms with E-state index in [0.717, 1.165) is 30.6 Å². The Hall–Kier alpha value is -2.12. The number of carbonyl (C=O) groups excluding carboxylic acids is 1. The number of nitrogens with zero attached hydrogens (tertiary/aromatic N) is 3. The average molecular weight is 414 g/mol. The molecule has 0 saturated heterocycles. The number of para-hydroxylation sites is 1. The van der Waals surface area contributed by atoms with E-state index in [0.29, 0.717) is 22.6 Å². The van der Waals surface area contributed by atoms with Crippen molar-refractivity contribution in [2.75, 3.05) is 12.8 Å². The minimum Gasteiger partial charge on any atom is -0.340 e. The van der Waals surface area contributed by atoms with Crippen molar-refractivity contribution < 1.29 is 4.79 Å². The zero-order valence-electron chi connectivity index (χ0n) is 15.8. The fourth-order valence-electron chi connectivity index (χ4n) is 3.67. The molecule has 4 rings (SSSR count). The van der Waals surface area contributed by atoms with Crippen molar-refractivity contribution >= 4 is 39.9 Å². The van der Waals surface area contributed by atoms with Crippen molar-refractivity contribution in [3.63, 3.8) is 0 Å². The molecule has 2 aromatic heterocycles. The van der Waals surface area contributed by atoms with Gasteiger partial charge in [0.25, 0.3) is 5.56 Å². The molecule has 0 bridgehead atoms. The van der Waals surface area contributed by atoms with Crippen LogP contribution in [0.2, 0.25) is 0 Å². The number of fused-ring (bicyclic) bond motifs is 1. The topological polar surface area (TPSA) is 55.2 Å². The Morgan fingerprint density at radius 1 is 1.25 bits per heavy atom. The number of hydrogen-bond donors (Lipinski definition) is 0. The molecule has 1 fully saturated rings. The Kier molecular flexibility index (Phi) is 5.82. The van der Waals surface area contributed by atoms with Crippen LogP contribution in [0.15, 0.2) is 51.7 Å². The van der Waals surface area contributed by atoms with Gasteiger partial charge in [0, 0.05) is 18.0 Å². The summed E-state index contributed by atoms with van der Waals surface area (Å²) in [4.78, 5) is 33.4. The van der Waals surface area contributed by atoms with Gasteiger partial charge in [0.2, 0.25) is 5.91 Å². The fourth-order valence-corrected chi connectivity index (χ4v) is 5.44. The first-order valence-electron chi connectivity index (χ1n) is 9.54. The standard InChI is InChI=1S/C21H23N3O2S2/c1-23(13-16-9-6-12-27-16)19(25)14-28-21-22-18-11-5-4-10-17(18)20(26)24(21)15-7-2-3-8-15/h4-6,9-12,15H,2-3,7-8,13-14H2,1H3. The van der Waals surface area contributed by atoms with Crippen LogP contribution >= 0.6 is 23.1 Å². The van der Waals surface area contributed by atoms with E-state index in [-0.39, 0.29) is 23.3 Å². The Balaban J connectivity index is 1.57. The summed E-state index contributed by atoms with van der Waals surface area (Å²) in [6.45, 7) is 0.609. The summed E-state index contributed by atoms with van der Waals surface area (Å²) in [5, 5.41) is 3.33. The number of aromatic nitrogens is 2. The highest BCUT2D eigenvalue weighted by atomic mass is 32.2. The average Bonchev–Trinajstić information content (AvgIpc) is 3.40. The molecule has 0 N–H and O–H groups in total. The number of thiophene rings is 1. The molecule has 7 heteroatoms. The smallest absolute Gasteiger partial charge is 0.262 e. The fraction of sp³-hybridized carbons (Fsp3) is 0.381. The van der Waals surface area contributed by atoms with Crippen molar-refractivity contribution in [1.82, 2.24) is 14.5 Å². The lowest BCUT2D eigenvalue weighted by Gasteiger charge is -2.20. The number of carbonyl (C=O) groups is 1. The number of amides is 1. The maximum absolute atomic E-state index is 13.1. The Bertz CT molecular complexity index is 1020. The Morgan fingerprint density at radius 2 is 2.04 bits per heavy atom. The Labute approximate surface area is 172 Å². The van der Waals surface area contributed by atoms with Gasteiger partial charge in [-0.3, -0.25) is 14.2 Å². The molecule has 1 amide bonds. The molecule has 0 unspecified atom stereocenters. The third-order valence-electron chi connectivity index (χ3n) is 5.19. The summed E-state index contributed by atoms with van der Waals surface area (Å²) >= 11 is 3.02. The van der Waals surface area contributed by atoms with Gasteiger partial charge in [-0.15, -0.1) is 11.3 Å². The number of rotatable bonds is 6. The Morgan fingerprint density at radius 3 is 2.79 bits per heavy atom. The molecule has 146 valence electrons. The summed E-state index contributed by atoms with van der Waals surface area (Å²) < 4.78 is 1.84. The van der Waals surface area contributed by atoms with Crippen LogP contribution in [0.5, 0.6) is 0 Å². The van der Waals surface area contributed by atoms with Crippen LogP contribution in [0, 0.1) is 0 Å². The summed E-state index contributed by atoms with van der Waals surface area (Å²) in [5.41, 5.74) is 0.711. The quantitative estimate of drug-likeness (QED) is 0.446. The monoisotopic (exact) mass is 413 g/mol. The zero-order chi connectivity index (χ0) is 19.5.